The van der Waals surface area contributed by atoms with E-state index in [-0.39, 0.29) is 28.1 Å². The standard InChI is InChI=1S/C24H25ClN2O6/c1-6-32-18-12-16(17(25)13-19(18)33-14(2)3)21-20(23(28)30-4)22(24(29)31-5)27(26-21)15-10-8-7-9-11-15/h7-14H,6H2,1-5H3. The molecule has 0 unspecified atom stereocenters. The van der Waals surface area contributed by atoms with Gasteiger partial charge in [0.15, 0.2) is 17.2 Å². The Morgan fingerprint density at radius 2 is 1.70 bits per heavy atom. The average molecular weight is 473 g/mol. The Labute approximate surface area is 197 Å². The summed E-state index contributed by atoms with van der Waals surface area (Å²) < 4.78 is 22.8. The molecule has 0 saturated heterocycles. The van der Waals surface area contributed by atoms with Crippen molar-refractivity contribution in [2.75, 3.05) is 20.8 Å². The predicted molar refractivity (Wildman–Crippen MR) is 124 cm³/mol. The number of ether oxygens (including phenoxy) is 4. The zero-order valence-corrected chi connectivity index (χ0v) is 19.8. The van der Waals surface area contributed by atoms with Crippen LogP contribution in [0.1, 0.15) is 41.6 Å². The van der Waals surface area contributed by atoms with Gasteiger partial charge in [-0.1, -0.05) is 29.8 Å². The SMILES string of the molecule is CCOc1cc(-c2nn(-c3ccccc3)c(C(=O)OC)c2C(=O)OC)c(Cl)cc1OC(C)C. The highest BCUT2D eigenvalue weighted by molar-refractivity contribution is 6.33. The molecule has 0 spiro atoms. The van der Waals surface area contributed by atoms with Gasteiger partial charge in [-0.15, -0.1) is 0 Å². The van der Waals surface area contributed by atoms with Crippen molar-refractivity contribution >= 4 is 23.5 Å². The fraction of sp³-hybridized carbons (Fsp3) is 0.292. The van der Waals surface area contributed by atoms with Crippen LogP contribution in [-0.2, 0) is 9.47 Å². The van der Waals surface area contributed by atoms with E-state index < -0.39 is 11.9 Å². The van der Waals surface area contributed by atoms with Crippen LogP contribution in [0, 0.1) is 0 Å². The molecular formula is C24H25ClN2O6. The molecule has 0 aliphatic carbocycles. The fourth-order valence-corrected chi connectivity index (χ4v) is 3.52. The quantitative estimate of drug-likeness (QED) is 0.428. The van der Waals surface area contributed by atoms with E-state index in [1.807, 2.05) is 26.8 Å². The lowest BCUT2D eigenvalue weighted by atomic mass is 10.0. The molecule has 0 aliphatic heterocycles. The van der Waals surface area contributed by atoms with Gasteiger partial charge in [-0.2, -0.15) is 5.10 Å². The summed E-state index contributed by atoms with van der Waals surface area (Å²) in [6, 6.07) is 12.1. The lowest BCUT2D eigenvalue weighted by Crippen LogP contribution is -2.15. The van der Waals surface area contributed by atoms with Gasteiger partial charge < -0.3 is 18.9 Å². The van der Waals surface area contributed by atoms with Gasteiger partial charge in [0.1, 0.15) is 11.3 Å². The smallest absolute Gasteiger partial charge is 0.357 e. The van der Waals surface area contributed by atoms with Gasteiger partial charge in [0.25, 0.3) is 0 Å². The molecule has 0 fully saturated rings. The number of hydrogen-bond donors (Lipinski definition) is 0. The van der Waals surface area contributed by atoms with Crippen molar-refractivity contribution in [3.05, 3.63) is 58.7 Å². The second-order valence-electron chi connectivity index (χ2n) is 7.18. The van der Waals surface area contributed by atoms with Crippen molar-refractivity contribution in [1.82, 2.24) is 9.78 Å². The summed E-state index contributed by atoms with van der Waals surface area (Å²) in [7, 11) is 2.45. The Bertz CT molecular complexity index is 1160. The van der Waals surface area contributed by atoms with Crippen LogP contribution >= 0.6 is 11.6 Å². The van der Waals surface area contributed by atoms with Crippen LogP contribution in [0.4, 0.5) is 0 Å². The minimum absolute atomic E-state index is 0.0740. The van der Waals surface area contributed by atoms with Gasteiger partial charge in [-0.25, -0.2) is 14.3 Å². The van der Waals surface area contributed by atoms with Gasteiger partial charge in [0.05, 0.1) is 37.6 Å². The fourth-order valence-electron chi connectivity index (χ4n) is 3.27. The second-order valence-corrected chi connectivity index (χ2v) is 7.59. The number of aromatic nitrogens is 2. The van der Waals surface area contributed by atoms with Gasteiger partial charge in [0, 0.05) is 11.6 Å². The van der Waals surface area contributed by atoms with E-state index in [0.717, 1.165) is 0 Å². The van der Waals surface area contributed by atoms with E-state index in [9.17, 15) is 9.59 Å². The molecule has 3 rings (SSSR count). The third-order valence-electron chi connectivity index (χ3n) is 4.61. The van der Waals surface area contributed by atoms with Crippen LogP contribution in [-0.4, -0.2) is 48.6 Å². The molecule has 0 radical (unpaired) electrons. The molecule has 174 valence electrons. The van der Waals surface area contributed by atoms with Crippen molar-refractivity contribution in [3.8, 4) is 28.4 Å². The van der Waals surface area contributed by atoms with Crippen LogP contribution in [0.15, 0.2) is 42.5 Å². The van der Waals surface area contributed by atoms with Gasteiger partial charge in [-0.05, 0) is 39.0 Å². The Morgan fingerprint density at radius 1 is 1.03 bits per heavy atom. The molecule has 1 aromatic heterocycles. The highest BCUT2D eigenvalue weighted by Gasteiger charge is 2.32. The molecule has 0 saturated carbocycles. The molecule has 0 aliphatic rings. The Morgan fingerprint density at radius 3 is 2.27 bits per heavy atom. The molecule has 0 amide bonds. The summed E-state index contributed by atoms with van der Waals surface area (Å²) in [4.78, 5) is 25.6. The third kappa shape index (κ3) is 4.96. The number of esters is 2. The number of hydrogen-bond acceptors (Lipinski definition) is 7. The topological polar surface area (TPSA) is 88.9 Å². The van der Waals surface area contributed by atoms with Crippen LogP contribution < -0.4 is 9.47 Å². The molecule has 0 bridgehead atoms. The predicted octanol–water partition coefficient (Wildman–Crippen LogP) is 4.95. The zero-order chi connectivity index (χ0) is 24.1. The minimum atomic E-state index is -0.760. The molecule has 0 N–H and O–H groups in total. The first-order chi connectivity index (χ1) is 15.8. The number of halogens is 1. The highest BCUT2D eigenvalue weighted by Crippen LogP contribution is 2.41. The lowest BCUT2D eigenvalue weighted by molar-refractivity contribution is 0.0549. The molecule has 33 heavy (non-hydrogen) atoms. The Balaban J connectivity index is 2.35. The van der Waals surface area contributed by atoms with Crippen LogP contribution in [0.25, 0.3) is 16.9 Å². The van der Waals surface area contributed by atoms with Gasteiger partial charge in [0.2, 0.25) is 0 Å². The zero-order valence-electron chi connectivity index (χ0n) is 19.0. The number of benzene rings is 2. The van der Waals surface area contributed by atoms with E-state index in [1.165, 1.54) is 18.9 Å². The molecule has 0 atom stereocenters. The van der Waals surface area contributed by atoms with E-state index in [0.29, 0.717) is 29.4 Å². The summed E-state index contributed by atoms with van der Waals surface area (Å²) in [6.07, 6.45) is -0.111. The second kappa shape index (κ2) is 10.4. The monoisotopic (exact) mass is 472 g/mol. The van der Waals surface area contributed by atoms with E-state index in [4.69, 9.17) is 30.5 Å². The molecule has 3 aromatic rings. The van der Waals surface area contributed by atoms with Crippen molar-refractivity contribution in [3.63, 3.8) is 0 Å². The number of para-hydroxylation sites is 1. The molecule has 8 nitrogen and oxygen atoms in total. The lowest BCUT2D eigenvalue weighted by Gasteiger charge is -2.16. The maximum atomic E-state index is 12.8. The van der Waals surface area contributed by atoms with Crippen molar-refractivity contribution in [1.29, 1.82) is 0 Å². The van der Waals surface area contributed by atoms with Crippen LogP contribution in [0.3, 0.4) is 0 Å². The molecule has 9 heteroatoms. The normalized spacial score (nSPS) is 10.8. The molecular weight excluding hydrogens is 448 g/mol. The van der Waals surface area contributed by atoms with Crippen LogP contribution in [0.2, 0.25) is 5.02 Å². The third-order valence-corrected chi connectivity index (χ3v) is 4.92. The largest absolute Gasteiger partial charge is 0.490 e. The molecule has 1 heterocycles. The Hall–Kier alpha value is -3.52. The molecule has 2 aromatic carbocycles. The summed E-state index contributed by atoms with van der Waals surface area (Å²) in [6.45, 7) is 5.99. The van der Waals surface area contributed by atoms with E-state index in [2.05, 4.69) is 5.10 Å². The summed E-state index contributed by atoms with van der Waals surface area (Å²) in [5.74, 6) is -0.630. The minimum Gasteiger partial charge on any atom is -0.490 e. The Kier molecular flexibility index (Phi) is 7.60. The van der Waals surface area contributed by atoms with E-state index >= 15 is 0 Å². The van der Waals surface area contributed by atoms with Crippen molar-refractivity contribution in [2.45, 2.75) is 26.9 Å². The first-order valence-electron chi connectivity index (χ1n) is 10.3. The summed E-state index contributed by atoms with van der Waals surface area (Å²) in [5, 5.41) is 4.83. The summed E-state index contributed by atoms with van der Waals surface area (Å²) in [5.41, 5.74) is 0.914. The van der Waals surface area contributed by atoms with Crippen LogP contribution in [0.5, 0.6) is 11.5 Å². The summed E-state index contributed by atoms with van der Waals surface area (Å²) >= 11 is 6.61. The number of rotatable bonds is 8. The first-order valence-corrected chi connectivity index (χ1v) is 10.7. The first kappa shape index (κ1) is 24.1. The van der Waals surface area contributed by atoms with Crippen molar-refractivity contribution < 1.29 is 28.5 Å². The number of nitrogens with zero attached hydrogens (tertiary/aromatic N) is 2. The van der Waals surface area contributed by atoms with E-state index in [1.54, 1.807) is 36.4 Å². The van der Waals surface area contributed by atoms with Gasteiger partial charge in [-0.3, -0.25) is 0 Å². The number of methoxy groups -OCH3 is 2. The maximum absolute atomic E-state index is 12.8. The number of carbonyl (C=O) groups is 2. The average Bonchev–Trinajstić information content (AvgIpc) is 3.20. The number of carbonyl (C=O) groups excluding carboxylic acids is 2. The maximum Gasteiger partial charge on any atom is 0.357 e. The highest BCUT2D eigenvalue weighted by atomic mass is 35.5. The van der Waals surface area contributed by atoms with Gasteiger partial charge >= 0.3 is 11.9 Å². The van der Waals surface area contributed by atoms with Crippen molar-refractivity contribution in [2.24, 2.45) is 0 Å².